The molecule has 2 rings (SSSR count). The van der Waals surface area contributed by atoms with Crippen LogP contribution in [0.25, 0.3) is 0 Å². The highest BCUT2D eigenvalue weighted by Crippen LogP contribution is 2.30. The zero-order valence-electron chi connectivity index (χ0n) is 10.7. The smallest absolute Gasteiger partial charge is 0.410 e. The summed E-state index contributed by atoms with van der Waals surface area (Å²) in [6.45, 7) is 6.50. The van der Waals surface area contributed by atoms with Gasteiger partial charge in [-0.15, -0.1) is 0 Å². The van der Waals surface area contributed by atoms with Gasteiger partial charge in [-0.3, -0.25) is 4.90 Å². The quantitative estimate of drug-likeness (QED) is 0.693. The first-order valence-corrected chi connectivity index (χ1v) is 6.18. The Morgan fingerprint density at radius 1 is 1.47 bits per heavy atom. The normalized spacial score (nSPS) is 33.4. The van der Waals surface area contributed by atoms with E-state index in [1.807, 2.05) is 20.8 Å². The van der Waals surface area contributed by atoms with E-state index in [-0.39, 0.29) is 18.2 Å². The van der Waals surface area contributed by atoms with Crippen LogP contribution in [-0.2, 0) is 9.47 Å². The largest absolute Gasteiger partial charge is 0.444 e. The van der Waals surface area contributed by atoms with Crippen LogP contribution in [0.4, 0.5) is 4.79 Å². The summed E-state index contributed by atoms with van der Waals surface area (Å²) in [5.74, 6) is 0. The summed E-state index contributed by atoms with van der Waals surface area (Å²) < 4.78 is 10.9. The highest BCUT2D eigenvalue weighted by Gasteiger charge is 2.46. The Morgan fingerprint density at radius 2 is 2.18 bits per heavy atom. The molecule has 1 amide bonds. The second-order valence-electron chi connectivity index (χ2n) is 5.75. The minimum Gasteiger partial charge on any atom is -0.444 e. The van der Waals surface area contributed by atoms with Crippen LogP contribution < -0.4 is 0 Å². The molecule has 98 valence electrons. The van der Waals surface area contributed by atoms with Crippen molar-refractivity contribution in [2.24, 2.45) is 0 Å². The summed E-state index contributed by atoms with van der Waals surface area (Å²) in [6, 6.07) is -0.0337. The molecule has 2 aliphatic rings. The lowest BCUT2D eigenvalue weighted by Gasteiger charge is -2.32. The monoisotopic (exact) mass is 243 g/mol. The highest BCUT2D eigenvalue weighted by atomic mass is 16.6. The van der Waals surface area contributed by atoms with E-state index in [4.69, 9.17) is 9.47 Å². The third-order valence-electron chi connectivity index (χ3n) is 3.13. The molecular formula is C12H21NO4. The van der Waals surface area contributed by atoms with E-state index in [1.54, 1.807) is 4.90 Å². The van der Waals surface area contributed by atoms with Gasteiger partial charge in [0.2, 0.25) is 0 Å². The van der Waals surface area contributed by atoms with Gasteiger partial charge in [-0.2, -0.15) is 0 Å². The van der Waals surface area contributed by atoms with Crippen molar-refractivity contribution in [3.8, 4) is 0 Å². The van der Waals surface area contributed by atoms with Gasteiger partial charge in [-0.1, -0.05) is 0 Å². The number of hydrogen-bond donors (Lipinski definition) is 1. The maximum atomic E-state index is 12.0. The van der Waals surface area contributed by atoms with Gasteiger partial charge in [-0.25, -0.2) is 4.79 Å². The summed E-state index contributed by atoms with van der Waals surface area (Å²) >= 11 is 0. The molecule has 5 nitrogen and oxygen atoms in total. The molecule has 2 saturated heterocycles. The van der Waals surface area contributed by atoms with Gasteiger partial charge in [0.05, 0.1) is 18.7 Å². The van der Waals surface area contributed by atoms with Gasteiger partial charge in [0.15, 0.2) is 0 Å². The summed E-state index contributed by atoms with van der Waals surface area (Å²) in [7, 11) is 0. The summed E-state index contributed by atoms with van der Waals surface area (Å²) in [6.07, 6.45) is 0.618. The number of aliphatic hydroxyl groups is 1. The van der Waals surface area contributed by atoms with E-state index in [9.17, 15) is 9.90 Å². The van der Waals surface area contributed by atoms with Crippen molar-refractivity contribution in [3.05, 3.63) is 0 Å². The summed E-state index contributed by atoms with van der Waals surface area (Å²) in [4.78, 5) is 13.6. The number of amides is 1. The number of likely N-dealkylation sites (tertiary alicyclic amines) is 1. The molecule has 3 atom stereocenters. The van der Waals surface area contributed by atoms with Crippen molar-refractivity contribution in [2.75, 3.05) is 13.2 Å². The first-order valence-electron chi connectivity index (χ1n) is 6.18. The van der Waals surface area contributed by atoms with Gasteiger partial charge in [0, 0.05) is 6.61 Å². The van der Waals surface area contributed by atoms with E-state index < -0.39 is 11.7 Å². The Morgan fingerprint density at radius 3 is 2.82 bits per heavy atom. The molecule has 1 unspecified atom stereocenters. The van der Waals surface area contributed by atoms with E-state index >= 15 is 0 Å². The second kappa shape index (κ2) is 4.46. The predicted molar refractivity (Wildman–Crippen MR) is 61.7 cm³/mol. The molecule has 0 spiro atoms. The van der Waals surface area contributed by atoms with Gasteiger partial charge in [-0.05, 0) is 33.6 Å². The number of nitrogens with zero attached hydrogens (tertiary/aromatic N) is 1. The molecule has 0 radical (unpaired) electrons. The second-order valence-corrected chi connectivity index (χ2v) is 5.75. The molecule has 0 bridgehead atoms. The lowest BCUT2D eigenvalue weighted by Crippen LogP contribution is -2.45. The van der Waals surface area contributed by atoms with Crippen molar-refractivity contribution in [1.82, 2.24) is 4.90 Å². The third kappa shape index (κ3) is 2.72. The number of β-amino-alcohol motifs (C(OH)–C–C–N with tert-alkyl or cyclic N) is 1. The van der Waals surface area contributed by atoms with Crippen LogP contribution in [0.5, 0.6) is 0 Å². The summed E-state index contributed by atoms with van der Waals surface area (Å²) in [5, 5.41) is 9.87. The summed E-state index contributed by atoms with van der Waals surface area (Å²) in [5.41, 5.74) is -0.504. The van der Waals surface area contributed by atoms with Gasteiger partial charge < -0.3 is 14.6 Å². The third-order valence-corrected chi connectivity index (χ3v) is 3.13. The van der Waals surface area contributed by atoms with Crippen LogP contribution in [0.15, 0.2) is 0 Å². The minimum absolute atomic E-state index is 0.0337. The number of carbonyl (C=O) groups is 1. The first-order chi connectivity index (χ1) is 7.88. The van der Waals surface area contributed by atoms with Crippen molar-refractivity contribution >= 4 is 6.09 Å². The molecule has 0 aromatic carbocycles. The van der Waals surface area contributed by atoms with E-state index in [0.29, 0.717) is 13.2 Å². The highest BCUT2D eigenvalue weighted by molar-refractivity contribution is 5.69. The van der Waals surface area contributed by atoms with Crippen molar-refractivity contribution < 1.29 is 19.4 Å². The fourth-order valence-electron chi connectivity index (χ4n) is 2.46. The van der Waals surface area contributed by atoms with Crippen LogP contribution in [-0.4, -0.2) is 53.1 Å². The average molecular weight is 243 g/mol. The molecule has 2 aliphatic heterocycles. The number of ether oxygens (including phenoxy) is 2. The Bertz CT molecular complexity index is 299. The van der Waals surface area contributed by atoms with Gasteiger partial charge in [0.1, 0.15) is 11.7 Å². The van der Waals surface area contributed by atoms with E-state index in [0.717, 1.165) is 12.8 Å². The van der Waals surface area contributed by atoms with Crippen LogP contribution >= 0.6 is 0 Å². The Balaban J connectivity index is 2.04. The molecule has 2 fully saturated rings. The van der Waals surface area contributed by atoms with Crippen molar-refractivity contribution in [1.29, 1.82) is 0 Å². The van der Waals surface area contributed by atoms with Gasteiger partial charge >= 0.3 is 6.09 Å². The van der Waals surface area contributed by atoms with Crippen LogP contribution in [0.1, 0.15) is 33.6 Å². The van der Waals surface area contributed by atoms with Crippen LogP contribution in [0.3, 0.4) is 0 Å². The van der Waals surface area contributed by atoms with Gasteiger partial charge in [0.25, 0.3) is 0 Å². The number of aliphatic hydroxyl groups excluding tert-OH is 1. The Kier molecular flexibility index (Phi) is 3.32. The number of fused-ring (bicyclic) bond motifs is 1. The fraction of sp³-hybridized carbons (Fsp3) is 0.917. The topological polar surface area (TPSA) is 59.0 Å². The zero-order valence-corrected chi connectivity index (χ0v) is 10.7. The molecule has 2 heterocycles. The lowest BCUT2D eigenvalue weighted by molar-refractivity contribution is -0.0548. The van der Waals surface area contributed by atoms with Crippen molar-refractivity contribution in [2.45, 2.75) is 57.5 Å². The molecule has 1 N–H and O–H groups in total. The van der Waals surface area contributed by atoms with E-state index in [2.05, 4.69) is 0 Å². The number of hydrogen-bond acceptors (Lipinski definition) is 4. The average Bonchev–Trinajstić information content (AvgIpc) is 2.55. The number of carbonyl (C=O) groups excluding carboxylic acids is 1. The fourth-order valence-corrected chi connectivity index (χ4v) is 2.46. The maximum absolute atomic E-state index is 12.0. The molecule has 5 heteroatoms. The Hall–Kier alpha value is -0.810. The van der Waals surface area contributed by atoms with Crippen molar-refractivity contribution in [3.63, 3.8) is 0 Å². The molecular weight excluding hydrogens is 222 g/mol. The predicted octanol–water partition coefficient (Wildman–Crippen LogP) is 1.15. The molecule has 0 saturated carbocycles. The lowest BCUT2D eigenvalue weighted by atomic mass is 10.0. The molecule has 0 aliphatic carbocycles. The zero-order chi connectivity index (χ0) is 12.6. The maximum Gasteiger partial charge on any atom is 0.410 e. The van der Waals surface area contributed by atoms with Crippen LogP contribution in [0.2, 0.25) is 0 Å². The number of rotatable bonds is 0. The minimum atomic E-state index is -0.590. The SMILES string of the molecule is CC(C)(C)OC(=O)N1CC(O)[C@H]2OCCC[C@H]21. The van der Waals surface area contributed by atoms with E-state index in [1.165, 1.54) is 0 Å². The Labute approximate surface area is 102 Å². The first kappa shape index (κ1) is 12.6. The standard InChI is InChI=1S/C12H21NO4/c1-12(2,3)17-11(15)13-7-9(14)10-8(13)5-4-6-16-10/h8-10,14H,4-7H2,1-3H3/t8-,9?,10+/m1/s1. The van der Waals surface area contributed by atoms with Crippen LogP contribution in [0, 0.1) is 0 Å². The molecule has 17 heavy (non-hydrogen) atoms. The molecule has 0 aromatic heterocycles. The molecule has 0 aromatic rings.